The molecule has 9 heteroatoms. The molecule has 0 unspecified atom stereocenters. The largest absolute Gasteiger partial charge is 0.493 e. The van der Waals surface area contributed by atoms with E-state index in [0.717, 1.165) is 17.0 Å². The van der Waals surface area contributed by atoms with Crippen LogP contribution in [0.1, 0.15) is 27.9 Å². The van der Waals surface area contributed by atoms with E-state index in [4.69, 9.17) is 9.47 Å². The van der Waals surface area contributed by atoms with Gasteiger partial charge in [-0.1, -0.05) is 36.5 Å². The van der Waals surface area contributed by atoms with E-state index in [1.165, 1.54) is 17.4 Å². The van der Waals surface area contributed by atoms with Crippen molar-refractivity contribution in [2.75, 3.05) is 24.9 Å². The van der Waals surface area contributed by atoms with Gasteiger partial charge in [-0.2, -0.15) is 0 Å². The van der Waals surface area contributed by atoms with Gasteiger partial charge < -0.3 is 14.8 Å². The van der Waals surface area contributed by atoms with Gasteiger partial charge in [-0.15, -0.1) is 10.2 Å². The van der Waals surface area contributed by atoms with Crippen LogP contribution in [-0.2, 0) is 11.2 Å². The number of aryl methyl sites for hydroxylation is 1. The Kier molecular flexibility index (Phi) is 7.34. The van der Waals surface area contributed by atoms with Gasteiger partial charge in [0.25, 0.3) is 5.91 Å². The molecule has 0 spiro atoms. The van der Waals surface area contributed by atoms with Crippen LogP contribution >= 0.6 is 11.3 Å². The second-order valence-corrected chi connectivity index (χ2v) is 7.35. The van der Waals surface area contributed by atoms with Crippen molar-refractivity contribution >= 4 is 40.0 Å². The number of anilines is 2. The van der Waals surface area contributed by atoms with E-state index < -0.39 is 0 Å². The predicted octanol–water partition coefficient (Wildman–Crippen LogP) is 4.02. The van der Waals surface area contributed by atoms with E-state index in [1.807, 2.05) is 6.92 Å². The van der Waals surface area contributed by atoms with Crippen LogP contribution in [-0.4, -0.2) is 36.2 Å². The molecule has 2 amide bonds. The number of methoxy groups -OCH3 is 2. The van der Waals surface area contributed by atoms with Crippen LogP contribution in [0.4, 0.5) is 10.8 Å². The normalized spacial score (nSPS) is 10.7. The summed E-state index contributed by atoms with van der Waals surface area (Å²) in [5, 5.41) is 14.6. The molecule has 31 heavy (non-hydrogen) atoms. The molecule has 1 heterocycles. The Hall–Kier alpha value is -3.72. The summed E-state index contributed by atoms with van der Waals surface area (Å²) in [6.45, 7) is 1.96. The molecule has 160 valence electrons. The van der Waals surface area contributed by atoms with E-state index in [-0.39, 0.29) is 11.8 Å². The van der Waals surface area contributed by atoms with Crippen molar-refractivity contribution in [3.05, 3.63) is 64.7 Å². The number of carbonyl (C=O) groups excluding carboxylic acids is 2. The summed E-state index contributed by atoms with van der Waals surface area (Å²) in [6.07, 6.45) is 3.77. The summed E-state index contributed by atoms with van der Waals surface area (Å²) in [5.74, 6) is 0.415. The third-order valence-corrected chi connectivity index (χ3v) is 5.24. The van der Waals surface area contributed by atoms with Crippen LogP contribution in [0, 0.1) is 0 Å². The Bertz CT molecular complexity index is 1110. The lowest BCUT2D eigenvalue weighted by atomic mass is 10.1. The summed E-state index contributed by atoms with van der Waals surface area (Å²) >= 11 is 1.32. The molecule has 1 aromatic heterocycles. The molecule has 0 fully saturated rings. The van der Waals surface area contributed by atoms with E-state index in [2.05, 4.69) is 20.8 Å². The van der Waals surface area contributed by atoms with Crippen LogP contribution < -0.4 is 20.1 Å². The molecular weight excluding hydrogens is 416 g/mol. The molecule has 2 N–H and O–H groups in total. The quantitative estimate of drug-likeness (QED) is 0.515. The number of carbonyl (C=O) groups is 2. The first-order valence-electron chi connectivity index (χ1n) is 9.48. The van der Waals surface area contributed by atoms with Gasteiger partial charge >= 0.3 is 0 Å². The van der Waals surface area contributed by atoms with Crippen LogP contribution in [0.2, 0.25) is 0 Å². The van der Waals surface area contributed by atoms with Crippen LogP contribution in [0.5, 0.6) is 11.5 Å². The second-order valence-electron chi connectivity index (χ2n) is 6.29. The Morgan fingerprint density at radius 2 is 1.81 bits per heavy atom. The Balaban J connectivity index is 1.70. The fraction of sp³-hybridized carbons (Fsp3) is 0.182. The number of amides is 2. The lowest BCUT2D eigenvalue weighted by molar-refractivity contribution is -0.111. The summed E-state index contributed by atoms with van der Waals surface area (Å²) in [4.78, 5) is 25.1. The molecule has 0 bridgehead atoms. The standard InChI is InChI=1S/C22H22N4O4S/c1-4-20-25-26-22(31-20)24-21(28)15-7-5-6-8-16(15)23-19(27)12-10-14-9-11-17(29-2)18(13-14)30-3/h5-13H,4H2,1-3H3,(H,23,27)(H,24,26,28)/b12-10+. The zero-order chi connectivity index (χ0) is 22.2. The van der Waals surface area contributed by atoms with Gasteiger partial charge in [0.2, 0.25) is 11.0 Å². The van der Waals surface area contributed by atoms with Gasteiger partial charge in [0.1, 0.15) is 5.01 Å². The lowest BCUT2D eigenvalue weighted by Crippen LogP contribution is -2.16. The molecule has 8 nitrogen and oxygen atoms in total. The molecule has 3 rings (SSSR count). The Labute approximate surface area is 183 Å². The van der Waals surface area contributed by atoms with E-state index in [0.29, 0.717) is 27.9 Å². The highest BCUT2D eigenvalue weighted by atomic mass is 32.1. The van der Waals surface area contributed by atoms with Crippen molar-refractivity contribution in [2.24, 2.45) is 0 Å². The van der Waals surface area contributed by atoms with E-state index >= 15 is 0 Å². The highest BCUT2D eigenvalue weighted by Gasteiger charge is 2.14. The Morgan fingerprint density at radius 1 is 1.03 bits per heavy atom. The fourth-order valence-corrected chi connectivity index (χ4v) is 3.38. The number of para-hydroxylation sites is 1. The molecule has 0 aliphatic heterocycles. The minimum atomic E-state index is -0.376. The van der Waals surface area contributed by atoms with Crippen molar-refractivity contribution in [3.8, 4) is 11.5 Å². The average molecular weight is 439 g/mol. The zero-order valence-corrected chi connectivity index (χ0v) is 18.2. The molecule has 0 saturated carbocycles. The number of benzene rings is 2. The lowest BCUT2D eigenvalue weighted by Gasteiger charge is -2.09. The molecule has 0 aliphatic carbocycles. The summed E-state index contributed by atoms with van der Waals surface area (Å²) < 4.78 is 10.5. The molecule has 2 aromatic carbocycles. The van der Waals surface area contributed by atoms with Crippen molar-refractivity contribution in [2.45, 2.75) is 13.3 Å². The maximum atomic E-state index is 12.7. The van der Waals surface area contributed by atoms with Gasteiger partial charge in [-0.25, -0.2) is 0 Å². The van der Waals surface area contributed by atoms with Crippen molar-refractivity contribution in [1.29, 1.82) is 0 Å². The number of ether oxygens (including phenoxy) is 2. The van der Waals surface area contributed by atoms with Crippen LogP contribution in [0.25, 0.3) is 6.08 Å². The number of hydrogen-bond acceptors (Lipinski definition) is 7. The minimum Gasteiger partial charge on any atom is -0.493 e. The summed E-state index contributed by atoms with van der Waals surface area (Å²) in [7, 11) is 3.10. The predicted molar refractivity (Wildman–Crippen MR) is 121 cm³/mol. The minimum absolute atomic E-state index is 0.323. The molecule has 0 aliphatic rings. The van der Waals surface area contributed by atoms with Gasteiger partial charge in [0.05, 0.1) is 25.5 Å². The third-order valence-electron chi connectivity index (χ3n) is 4.25. The highest BCUT2D eigenvalue weighted by Crippen LogP contribution is 2.28. The van der Waals surface area contributed by atoms with Crippen LogP contribution in [0.3, 0.4) is 0 Å². The van der Waals surface area contributed by atoms with Crippen LogP contribution in [0.15, 0.2) is 48.5 Å². The first-order valence-corrected chi connectivity index (χ1v) is 10.3. The third kappa shape index (κ3) is 5.67. The van der Waals surface area contributed by atoms with Gasteiger partial charge in [-0.05, 0) is 42.3 Å². The van der Waals surface area contributed by atoms with Crippen molar-refractivity contribution in [3.63, 3.8) is 0 Å². The molecule has 3 aromatic rings. The SMILES string of the molecule is CCc1nnc(NC(=O)c2ccccc2NC(=O)/C=C/c2ccc(OC)c(OC)c2)s1. The van der Waals surface area contributed by atoms with Gasteiger partial charge in [0, 0.05) is 6.08 Å². The fourth-order valence-electron chi connectivity index (χ4n) is 2.70. The number of nitrogens with zero attached hydrogens (tertiary/aromatic N) is 2. The smallest absolute Gasteiger partial charge is 0.259 e. The van der Waals surface area contributed by atoms with Gasteiger partial charge in [0.15, 0.2) is 11.5 Å². The maximum Gasteiger partial charge on any atom is 0.259 e. The first kappa shape index (κ1) is 22.0. The van der Waals surface area contributed by atoms with Crippen molar-refractivity contribution < 1.29 is 19.1 Å². The number of rotatable bonds is 8. The molecule has 0 saturated heterocycles. The highest BCUT2D eigenvalue weighted by molar-refractivity contribution is 7.15. The number of hydrogen-bond donors (Lipinski definition) is 2. The number of aromatic nitrogens is 2. The first-order chi connectivity index (χ1) is 15.0. The summed E-state index contributed by atoms with van der Waals surface area (Å²) in [5.41, 5.74) is 1.48. The maximum absolute atomic E-state index is 12.7. The number of nitrogens with one attached hydrogen (secondary N) is 2. The topological polar surface area (TPSA) is 102 Å². The van der Waals surface area contributed by atoms with E-state index in [9.17, 15) is 9.59 Å². The molecular formula is C22H22N4O4S. The monoisotopic (exact) mass is 438 g/mol. The van der Waals surface area contributed by atoms with Crippen molar-refractivity contribution in [1.82, 2.24) is 10.2 Å². The average Bonchev–Trinajstić information content (AvgIpc) is 3.25. The Morgan fingerprint density at radius 3 is 2.52 bits per heavy atom. The molecule has 0 atom stereocenters. The van der Waals surface area contributed by atoms with Gasteiger partial charge in [-0.3, -0.25) is 14.9 Å². The summed E-state index contributed by atoms with van der Waals surface area (Å²) in [6, 6.07) is 12.1. The second kappa shape index (κ2) is 10.4. The molecule has 0 radical (unpaired) electrons. The van der Waals surface area contributed by atoms with E-state index in [1.54, 1.807) is 62.8 Å². The zero-order valence-electron chi connectivity index (χ0n) is 17.3.